The number of aliphatic hydroxyl groups excluding tert-OH is 1. The summed E-state index contributed by atoms with van der Waals surface area (Å²) in [5.74, 6) is 0.559. The molecule has 3 rings (SSSR count). The molecule has 0 radical (unpaired) electrons. The Morgan fingerprint density at radius 2 is 2.20 bits per heavy atom. The van der Waals surface area contributed by atoms with Crippen molar-refractivity contribution in [1.29, 1.82) is 0 Å². The second-order valence-electron chi connectivity index (χ2n) is 6.83. The minimum Gasteiger partial charge on any atom is -0.389 e. The van der Waals surface area contributed by atoms with E-state index in [1.807, 2.05) is 13.0 Å². The maximum absolute atomic E-state index is 12.8. The van der Waals surface area contributed by atoms with E-state index in [1.54, 1.807) is 0 Å². The van der Waals surface area contributed by atoms with E-state index in [9.17, 15) is 9.90 Å². The van der Waals surface area contributed by atoms with Crippen molar-refractivity contribution in [3.63, 3.8) is 0 Å². The number of hydrogen-bond donors (Lipinski definition) is 1. The van der Waals surface area contributed by atoms with Crippen LogP contribution in [0.5, 0.6) is 0 Å². The molecule has 3 nitrogen and oxygen atoms in total. The number of carbonyl (C=O) groups is 1. The lowest BCUT2D eigenvalue weighted by Gasteiger charge is -2.38. The van der Waals surface area contributed by atoms with Gasteiger partial charge in [0.15, 0.2) is 5.78 Å². The fourth-order valence-electron chi connectivity index (χ4n) is 4.50. The molecule has 3 atom stereocenters. The summed E-state index contributed by atoms with van der Waals surface area (Å²) in [6.45, 7) is 4.10. The van der Waals surface area contributed by atoms with Gasteiger partial charge in [0.2, 0.25) is 0 Å². The highest BCUT2D eigenvalue weighted by atomic mass is 16.3. The van der Waals surface area contributed by atoms with Crippen LogP contribution >= 0.6 is 0 Å². The first kappa shape index (κ1) is 14.0. The second-order valence-corrected chi connectivity index (χ2v) is 6.83. The minimum atomic E-state index is -0.411. The lowest BCUT2D eigenvalue weighted by molar-refractivity contribution is -0.125. The van der Waals surface area contributed by atoms with E-state index in [2.05, 4.69) is 18.0 Å². The zero-order chi connectivity index (χ0) is 14.3. The molecule has 0 bridgehead atoms. The summed E-state index contributed by atoms with van der Waals surface area (Å²) in [6.07, 6.45) is 8.19. The van der Waals surface area contributed by atoms with Crippen molar-refractivity contribution in [2.45, 2.75) is 45.1 Å². The van der Waals surface area contributed by atoms with Gasteiger partial charge in [0.25, 0.3) is 0 Å². The quantitative estimate of drug-likeness (QED) is 0.690. The second kappa shape index (κ2) is 5.12. The van der Waals surface area contributed by atoms with Crippen LogP contribution in [0.3, 0.4) is 0 Å². The summed E-state index contributed by atoms with van der Waals surface area (Å²) in [5.41, 5.74) is 1.83. The molecule has 0 aromatic heterocycles. The number of rotatable bonds is 0. The molecule has 1 aliphatic heterocycles. The first-order chi connectivity index (χ1) is 9.54. The lowest BCUT2D eigenvalue weighted by atomic mass is 9.64. The Labute approximate surface area is 121 Å². The number of ketones is 1. The molecular formula is C17H25NO2. The van der Waals surface area contributed by atoms with Crippen LogP contribution in [0.15, 0.2) is 23.3 Å². The lowest BCUT2D eigenvalue weighted by Crippen LogP contribution is -2.39. The number of carbonyl (C=O) groups excluding carboxylic acids is 1. The van der Waals surface area contributed by atoms with Crippen LogP contribution in [0.1, 0.15) is 39.0 Å². The fourth-order valence-corrected chi connectivity index (χ4v) is 4.50. The number of hydrogen-bond acceptors (Lipinski definition) is 3. The Balaban J connectivity index is 2.03. The van der Waals surface area contributed by atoms with Gasteiger partial charge in [0, 0.05) is 6.54 Å². The van der Waals surface area contributed by atoms with E-state index in [0.29, 0.717) is 5.92 Å². The summed E-state index contributed by atoms with van der Waals surface area (Å²) in [7, 11) is 2.14. The van der Waals surface area contributed by atoms with Crippen molar-refractivity contribution in [3.05, 3.63) is 23.3 Å². The third kappa shape index (κ3) is 2.08. The van der Waals surface area contributed by atoms with E-state index < -0.39 is 6.10 Å². The zero-order valence-electron chi connectivity index (χ0n) is 12.6. The highest BCUT2D eigenvalue weighted by Gasteiger charge is 2.55. The normalized spacial score (nSPS) is 39.0. The van der Waals surface area contributed by atoms with Crippen LogP contribution in [0, 0.1) is 11.3 Å². The third-order valence-electron chi connectivity index (χ3n) is 5.45. The van der Waals surface area contributed by atoms with Gasteiger partial charge < -0.3 is 10.0 Å². The zero-order valence-corrected chi connectivity index (χ0v) is 12.6. The third-order valence-corrected chi connectivity index (χ3v) is 5.45. The van der Waals surface area contributed by atoms with Crippen molar-refractivity contribution in [2.24, 2.45) is 11.3 Å². The molecule has 3 aliphatic rings. The SMILES string of the molecule is CC1=CC(=O)[C@@]23CCCN(C)CCC=C2[C@@H](O)C[C@H]3C1. The predicted molar refractivity (Wildman–Crippen MR) is 79.4 cm³/mol. The van der Waals surface area contributed by atoms with Crippen LogP contribution < -0.4 is 0 Å². The van der Waals surface area contributed by atoms with Crippen molar-refractivity contribution in [3.8, 4) is 0 Å². The molecule has 1 heterocycles. The van der Waals surface area contributed by atoms with Gasteiger partial charge in [0.1, 0.15) is 0 Å². The molecular weight excluding hydrogens is 250 g/mol. The van der Waals surface area contributed by atoms with Crippen molar-refractivity contribution in [1.82, 2.24) is 4.90 Å². The van der Waals surface area contributed by atoms with Crippen molar-refractivity contribution in [2.75, 3.05) is 20.1 Å². The number of allylic oxidation sites excluding steroid dienone is 2. The van der Waals surface area contributed by atoms with Gasteiger partial charge in [-0.25, -0.2) is 0 Å². The maximum Gasteiger partial charge on any atom is 0.166 e. The van der Waals surface area contributed by atoms with Gasteiger partial charge in [-0.1, -0.05) is 11.6 Å². The molecule has 1 spiro atoms. The smallest absolute Gasteiger partial charge is 0.166 e. The van der Waals surface area contributed by atoms with Gasteiger partial charge in [-0.15, -0.1) is 0 Å². The van der Waals surface area contributed by atoms with Gasteiger partial charge in [-0.2, -0.15) is 0 Å². The number of nitrogens with zero attached hydrogens (tertiary/aromatic N) is 1. The molecule has 20 heavy (non-hydrogen) atoms. The first-order valence-electron chi connectivity index (χ1n) is 7.83. The number of aliphatic hydroxyl groups is 1. The molecule has 0 amide bonds. The average Bonchev–Trinajstić information content (AvgIpc) is 2.67. The summed E-state index contributed by atoms with van der Waals surface area (Å²) in [6, 6.07) is 0. The summed E-state index contributed by atoms with van der Waals surface area (Å²) < 4.78 is 0. The van der Waals surface area contributed by atoms with E-state index in [0.717, 1.165) is 50.8 Å². The first-order valence-corrected chi connectivity index (χ1v) is 7.83. The minimum absolute atomic E-state index is 0.249. The van der Waals surface area contributed by atoms with Gasteiger partial charge >= 0.3 is 0 Å². The maximum atomic E-state index is 12.8. The topological polar surface area (TPSA) is 40.5 Å². The Kier molecular flexibility index (Phi) is 3.59. The summed E-state index contributed by atoms with van der Waals surface area (Å²) in [5, 5.41) is 10.5. The molecule has 110 valence electrons. The van der Waals surface area contributed by atoms with E-state index in [1.165, 1.54) is 5.57 Å². The van der Waals surface area contributed by atoms with Gasteiger partial charge in [-0.3, -0.25) is 4.79 Å². The van der Waals surface area contributed by atoms with Gasteiger partial charge in [-0.05, 0) is 70.2 Å². The Hall–Kier alpha value is -0.930. The Morgan fingerprint density at radius 1 is 1.40 bits per heavy atom. The van der Waals surface area contributed by atoms with Crippen LogP contribution in [-0.2, 0) is 4.79 Å². The molecule has 3 heteroatoms. The molecule has 1 fully saturated rings. The monoisotopic (exact) mass is 275 g/mol. The molecule has 2 aliphatic carbocycles. The fraction of sp³-hybridized carbons (Fsp3) is 0.706. The highest BCUT2D eigenvalue weighted by molar-refractivity contribution is 5.99. The van der Waals surface area contributed by atoms with Crippen LogP contribution in [0.4, 0.5) is 0 Å². The van der Waals surface area contributed by atoms with Crippen LogP contribution in [0.2, 0.25) is 0 Å². The Bertz CT molecular complexity index is 479. The molecule has 1 N–H and O–H groups in total. The summed E-state index contributed by atoms with van der Waals surface area (Å²) in [4.78, 5) is 15.1. The standard InChI is InChI=1S/C17H25NO2/c1-12-9-13-11-15(19)14-5-3-7-18(2)8-4-6-17(13,14)16(20)10-12/h5,10,13,15,19H,3-4,6-9,11H2,1-2H3/t13-,15+,17-/m1/s1. The van der Waals surface area contributed by atoms with E-state index >= 15 is 0 Å². The molecule has 1 saturated carbocycles. The van der Waals surface area contributed by atoms with Crippen molar-refractivity contribution >= 4 is 5.78 Å². The highest BCUT2D eigenvalue weighted by Crippen LogP contribution is 2.56. The van der Waals surface area contributed by atoms with E-state index in [4.69, 9.17) is 0 Å². The van der Waals surface area contributed by atoms with Crippen LogP contribution in [-0.4, -0.2) is 42.0 Å². The molecule has 0 aromatic rings. The molecule has 0 unspecified atom stereocenters. The van der Waals surface area contributed by atoms with E-state index in [-0.39, 0.29) is 11.2 Å². The molecule has 0 aromatic carbocycles. The Morgan fingerprint density at radius 3 is 3.00 bits per heavy atom. The summed E-state index contributed by atoms with van der Waals surface area (Å²) >= 11 is 0. The van der Waals surface area contributed by atoms with Gasteiger partial charge in [0.05, 0.1) is 11.5 Å². The average molecular weight is 275 g/mol. The molecule has 0 saturated heterocycles. The van der Waals surface area contributed by atoms with Crippen molar-refractivity contribution < 1.29 is 9.90 Å². The largest absolute Gasteiger partial charge is 0.389 e. The predicted octanol–water partition coefficient (Wildman–Crippen LogP) is 2.31. The van der Waals surface area contributed by atoms with Crippen LogP contribution in [0.25, 0.3) is 0 Å².